The molecule has 3 rings (SSSR count). The first kappa shape index (κ1) is 14.5. The highest BCUT2D eigenvalue weighted by atomic mass is 16.2. The lowest BCUT2D eigenvalue weighted by molar-refractivity contribution is -0.128. The number of carbonyl (C=O) groups is 1. The van der Waals surface area contributed by atoms with Gasteiger partial charge >= 0.3 is 0 Å². The Kier molecular flexibility index (Phi) is 4.88. The van der Waals surface area contributed by atoms with Gasteiger partial charge in [-0.2, -0.15) is 0 Å². The smallest absolute Gasteiger partial charge is 0.241 e. The Bertz CT molecular complexity index is 456. The molecule has 1 aromatic carbocycles. The van der Waals surface area contributed by atoms with Crippen molar-refractivity contribution in [2.45, 2.75) is 31.7 Å². The second-order valence-electron chi connectivity index (χ2n) is 6.11. The molecule has 0 spiro atoms. The molecule has 2 fully saturated rings. The Hall–Kier alpha value is -1.39. The first-order chi connectivity index (χ1) is 10.3. The van der Waals surface area contributed by atoms with Gasteiger partial charge in [0.15, 0.2) is 0 Å². The fourth-order valence-electron chi connectivity index (χ4n) is 3.30. The molecule has 0 bridgehead atoms. The van der Waals surface area contributed by atoms with Crippen LogP contribution in [-0.2, 0) is 11.2 Å². The maximum atomic E-state index is 12.4. The summed E-state index contributed by atoms with van der Waals surface area (Å²) in [6.07, 6.45) is 4.56. The maximum Gasteiger partial charge on any atom is 0.241 e. The fourth-order valence-corrected chi connectivity index (χ4v) is 3.30. The molecule has 0 aromatic heterocycles. The average Bonchev–Trinajstić information content (AvgIpc) is 3.13. The number of likely N-dealkylation sites (tertiary alicyclic amines) is 1. The molecular formula is C17H25N3O. The summed E-state index contributed by atoms with van der Waals surface area (Å²) in [5, 5.41) is 3.35. The van der Waals surface area contributed by atoms with Gasteiger partial charge in [-0.25, -0.2) is 0 Å². The third kappa shape index (κ3) is 3.83. The first-order valence-electron chi connectivity index (χ1n) is 8.11. The Morgan fingerprint density at radius 3 is 2.62 bits per heavy atom. The fraction of sp³-hybridized carbons (Fsp3) is 0.588. The summed E-state index contributed by atoms with van der Waals surface area (Å²) < 4.78 is 0. The summed E-state index contributed by atoms with van der Waals surface area (Å²) in [6.45, 7) is 5.20. The number of hydrogen-bond donors (Lipinski definition) is 1. The summed E-state index contributed by atoms with van der Waals surface area (Å²) in [6, 6.07) is 10.2. The zero-order valence-electron chi connectivity index (χ0n) is 12.6. The quantitative estimate of drug-likeness (QED) is 0.861. The van der Waals surface area contributed by atoms with Crippen molar-refractivity contribution < 1.29 is 4.79 Å². The molecule has 2 saturated heterocycles. The molecule has 1 unspecified atom stereocenters. The van der Waals surface area contributed by atoms with Crippen LogP contribution in [-0.4, -0.2) is 54.6 Å². The zero-order valence-corrected chi connectivity index (χ0v) is 12.6. The maximum absolute atomic E-state index is 12.4. The van der Waals surface area contributed by atoms with Crippen LogP contribution in [0.4, 0.5) is 0 Å². The second kappa shape index (κ2) is 7.05. The molecule has 1 atom stereocenters. The molecule has 2 aliphatic heterocycles. The van der Waals surface area contributed by atoms with Crippen molar-refractivity contribution in [2.24, 2.45) is 0 Å². The van der Waals surface area contributed by atoms with E-state index in [1.54, 1.807) is 0 Å². The summed E-state index contributed by atoms with van der Waals surface area (Å²) in [4.78, 5) is 16.9. The van der Waals surface area contributed by atoms with Crippen LogP contribution < -0.4 is 5.32 Å². The molecule has 2 heterocycles. The van der Waals surface area contributed by atoms with E-state index < -0.39 is 0 Å². The molecule has 2 aliphatic rings. The van der Waals surface area contributed by atoms with Gasteiger partial charge in [0.25, 0.3) is 0 Å². The van der Waals surface area contributed by atoms with Crippen LogP contribution >= 0.6 is 0 Å². The van der Waals surface area contributed by atoms with E-state index in [-0.39, 0.29) is 11.9 Å². The molecule has 4 nitrogen and oxygen atoms in total. The Morgan fingerprint density at radius 1 is 1.10 bits per heavy atom. The zero-order chi connectivity index (χ0) is 14.5. The first-order valence-corrected chi connectivity index (χ1v) is 8.11. The van der Waals surface area contributed by atoms with E-state index in [2.05, 4.69) is 22.3 Å². The van der Waals surface area contributed by atoms with Crippen molar-refractivity contribution >= 4 is 5.91 Å². The highest BCUT2D eigenvalue weighted by Gasteiger charge is 2.30. The lowest BCUT2D eigenvalue weighted by atomic mass is 10.1. The molecular weight excluding hydrogens is 262 g/mol. The number of amides is 1. The van der Waals surface area contributed by atoms with E-state index in [1.807, 2.05) is 23.1 Å². The molecule has 114 valence electrons. The molecule has 21 heavy (non-hydrogen) atoms. The number of nitrogens with one attached hydrogen (secondary N) is 1. The van der Waals surface area contributed by atoms with Crippen LogP contribution in [0.1, 0.15) is 24.8 Å². The van der Waals surface area contributed by atoms with Gasteiger partial charge in [0.2, 0.25) is 5.91 Å². The molecule has 0 radical (unpaired) electrons. The highest BCUT2D eigenvalue weighted by Crippen LogP contribution is 2.12. The Morgan fingerprint density at radius 2 is 1.86 bits per heavy atom. The predicted molar refractivity (Wildman–Crippen MR) is 83.9 cm³/mol. The summed E-state index contributed by atoms with van der Waals surface area (Å²) in [5.41, 5.74) is 1.22. The van der Waals surface area contributed by atoms with Crippen LogP contribution in [0.5, 0.6) is 0 Å². The van der Waals surface area contributed by atoms with E-state index in [1.165, 1.54) is 31.5 Å². The minimum atomic E-state index is -0.0424. The summed E-state index contributed by atoms with van der Waals surface area (Å²) >= 11 is 0. The predicted octanol–water partition coefficient (Wildman–Crippen LogP) is 1.47. The standard InChI is InChI=1S/C17H25N3O/c21-17-16(13-15-7-2-1-3-8-15)18-14-20(17)12-6-11-19-9-4-5-10-19/h1-3,7-8,16,18H,4-6,9-14H2. The molecule has 0 saturated carbocycles. The lowest BCUT2D eigenvalue weighted by Crippen LogP contribution is -2.33. The average molecular weight is 287 g/mol. The SMILES string of the molecule is O=C1C(Cc2ccccc2)NCN1CCCN1CCCC1. The normalized spacial score (nSPS) is 23.1. The van der Waals surface area contributed by atoms with Crippen LogP contribution in [0.25, 0.3) is 0 Å². The van der Waals surface area contributed by atoms with Gasteiger partial charge in [0.05, 0.1) is 12.7 Å². The van der Waals surface area contributed by atoms with Gasteiger partial charge in [0, 0.05) is 6.54 Å². The third-order valence-corrected chi connectivity index (χ3v) is 4.52. The van der Waals surface area contributed by atoms with Crippen molar-refractivity contribution in [3.63, 3.8) is 0 Å². The minimum Gasteiger partial charge on any atom is -0.328 e. The van der Waals surface area contributed by atoms with Crippen molar-refractivity contribution in [3.8, 4) is 0 Å². The van der Waals surface area contributed by atoms with Gasteiger partial charge in [-0.15, -0.1) is 0 Å². The summed E-state index contributed by atoms with van der Waals surface area (Å²) in [5.74, 6) is 0.264. The number of nitrogens with zero attached hydrogens (tertiary/aromatic N) is 2. The second-order valence-corrected chi connectivity index (χ2v) is 6.11. The molecule has 0 aliphatic carbocycles. The molecule has 1 amide bonds. The molecule has 1 N–H and O–H groups in total. The van der Waals surface area contributed by atoms with Gasteiger partial charge in [-0.3, -0.25) is 10.1 Å². The Labute approximate surface area is 127 Å². The summed E-state index contributed by atoms with van der Waals surface area (Å²) in [7, 11) is 0. The largest absolute Gasteiger partial charge is 0.328 e. The van der Waals surface area contributed by atoms with Crippen LogP contribution in [0.2, 0.25) is 0 Å². The van der Waals surface area contributed by atoms with E-state index in [4.69, 9.17) is 0 Å². The van der Waals surface area contributed by atoms with E-state index in [9.17, 15) is 4.79 Å². The van der Waals surface area contributed by atoms with Gasteiger partial charge in [0.1, 0.15) is 0 Å². The third-order valence-electron chi connectivity index (χ3n) is 4.52. The molecule has 1 aromatic rings. The van der Waals surface area contributed by atoms with Gasteiger partial charge in [-0.1, -0.05) is 30.3 Å². The van der Waals surface area contributed by atoms with E-state index in [0.717, 1.165) is 25.9 Å². The lowest BCUT2D eigenvalue weighted by Gasteiger charge is -2.19. The van der Waals surface area contributed by atoms with Crippen molar-refractivity contribution in [1.82, 2.24) is 15.1 Å². The topological polar surface area (TPSA) is 35.6 Å². The monoisotopic (exact) mass is 287 g/mol. The van der Waals surface area contributed by atoms with Crippen molar-refractivity contribution in [3.05, 3.63) is 35.9 Å². The Balaban J connectivity index is 1.43. The van der Waals surface area contributed by atoms with E-state index in [0.29, 0.717) is 6.67 Å². The van der Waals surface area contributed by atoms with Gasteiger partial charge in [-0.05, 0) is 50.9 Å². The number of rotatable bonds is 6. The van der Waals surface area contributed by atoms with Crippen molar-refractivity contribution in [2.75, 3.05) is 32.8 Å². The number of hydrogen-bond acceptors (Lipinski definition) is 3. The van der Waals surface area contributed by atoms with E-state index >= 15 is 0 Å². The van der Waals surface area contributed by atoms with Gasteiger partial charge < -0.3 is 9.80 Å². The van der Waals surface area contributed by atoms with Crippen LogP contribution in [0, 0.1) is 0 Å². The molecule has 4 heteroatoms. The highest BCUT2D eigenvalue weighted by molar-refractivity contribution is 5.84. The number of carbonyl (C=O) groups excluding carboxylic acids is 1. The van der Waals surface area contributed by atoms with Crippen LogP contribution in [0.3, 0.4) is 0 Å². The number of benzene rings is 1. The van der Waals surface area contributed by atoms with Crippen LogP contribution in [0.15, 0.2) is 30.3 Å². The minimum absolute atomic E-state index is 0.0424. The van der Waals surface area contributed by atoms with Crippen molar-refractivity contribution in [1.29, 1.82) is 0 Å².